The van der Waals surface area contributed by atoms with Gasteiger partial charge < -0.3 is 14.8 Å². The summed E-state index contributed by atoms with van der Waals surface area (Å²) in [5.74, 6) is 1.05. The van der Waals surface area contributed by atoms with Crippen LogP contribution >= 0.6 is 0 Å². The number of carbonyl (C=O) groups excluding carboxylic acids is 1. The van der Waals surface area contributed by atoms with Crippen LogP contribution in [0.15, 0.2) is 18.2 Å². The van der Waals surface area contributed by atoms with Crippen LogP contribution in [0.4, 0.5) is 0 Å². The highest BCUT2D eigenvalue weighted by atomic mass is 16.2. The summed E-state index contributed by atoms with van der Waals surface area (Å²) in [4.78, 5) is 18.3. The number of aromatic nitrogens is 2. The molecule has 0 unspecified atom stereocenters. The van der Waals surface area contributed by atoms with Gasteiger partial charge in [-0.2, -0.15) is 0 Å². The smallest absolute Gasteiger partial charge is 0.253 e. The van der Waals surface area contributed by atoms with E-state index in [1.54, 1.807) is 19.0 Å². The van der Waals surface area contributed by atoms with Crippen LogP contribution in [0.25, 0.3) is 11.0 Å². The van der Waals surface area contributed by atoms with Crippen LogP contribution in [-0.4, -0.2) is 47.5 Å². The third kappa shape index (κ3) is 2.53. The van der Waals surface area contributed by atoms with Gasteiger partial charge in [-0.1, -0.05) is 0 Å². The molecule has 1 aliphatic rings. The lowest BCUT2D eigenvalue weighted by molar-refractivity contribution is 0.0828. The molecule has 1 N–H and O–H groups in total. The van der Waals surface area contributed by atoms with E-state index in [-0.39, 0.29) is 5.91 Å². The molecule has 0 saturated carbocycles. The fourth-order valence-electron chi connectivity index (χ4n) is 3.14. The first kappa shape index (κ1) is 14.1. The second kappa shape index (κ2) is 5.48. The van der Waals surface area contributed by atoms with Gasteiger partial charge in [-0.3, -0.25) is 4.79 Å². The number of hydrogen-bond donors (Lipinski definition) is 1. The van der Waals surface area contributed by atoms with E-state index in [1.165, 1.54) is 0 Å². The monoisotopic (exact) mass is 286 g/mol. The van der Waals surface area contributed by atoms with Crippen molar-refractivity contribution in [2.24, 2.45) is 0 Å². The van der Waals surface area contributed by atoms with Crippen molar-refractivity contribution in [1.29, 1.82) is 0 Å². The highest BCUT2D eigenvalue weighted by Gasteiger charge is 2.20. The first-order chi connectivity index (χ1) is 10.1. The second-order valence-corrected chi connectivity index (χ2v) is 5.91. The molecule has 1 aliphatic heterocycles. The Morgan fingerprint density at radius 1 is 1.33 bits per heavy atom. The zero-order valence-electron chi connectivity index (χ0n) is 12.9. The molecule has 2 heterocycles. The lowest BCUT2D eigenvalue weighted by Crippen LogP contribution is -2.29. The van der Waals surface area contributed by atoms with Crippen LogP contribution in [0.5, 0.6) is 0 Å². The number of carbonyl (C=O) groups is 1. The fourth-order valence-corrected chi connectivity index (χ4v) is 3.14. The van der Waals surface area contributed by atoms with Gasteiger partial charge in [0, 0.05) is 25.7 Å². The predicted molar refractivity (Wildman–Crippen MR) is 83.6 cm³/mol. The molecule has 1 aromatic carbocycles. The van der Waals surface area contributed by atoms with E-state index in [0.717, 1.165) is 42.8 Å². The molecule has 0 atom stereocenters. The minimum Gasteiger partial charge on any atom is -0.345 e. The van der Waals surface area contributed by atoms with Gasteiger partial charge in [0.05, 0.1) is 11.0 Å². The van der Waals surface area contributed by atoms with Gasteiger partial charge in [0.1, 0.15) is 5.82 Å². The lowest BCUT2D eigenvalue weighted by atomic mass is 10.1. The Morgan fingerprint density at radius 3 is 2.71 bits per heavy atom. The number of aryl methyl sites for hydroxylation is 1. The molecule has 0 bridgehead atoms. The number of fused-ring (bicyclic) bond motifs is 1. The molecule has 5 heteroatoms. The SMILES string of the molecule is Cc1nc2cc(C(=O)N(C)C)ccc2n1C1CCNCC1. The third-order valence-corrected chi connectivity index (χ3v) is 4.19. The molecule has 112 valence electrons. The summed E-state index contributed by atoms with van der Waals surface area (Å²) in [6.07, 6.45) is 2.26. The molecular weight excluding hydrogens is 264 g/mol. The normalized spacial score (nSPS) is 16.3. The Balaban J connectivity index is 2.03. The molecule has 3 rings (SSSR count). The number of imidazole rings is 1. The molecular formula is C16H22N4O. The van der Waals surface area contributed by atoms with Crippen molar-refractivity contribution in [3.63, 3.8) is 0 Å². The van der Waals surface area contributed by atoms with Crippen LogP contribution in [0.3, 0.4) is 0 Å². The summed E-state index contributed by atoms with van der Waals surface area (Å²) in [5.41, 5.74) is 2.75. The predicted octanol–water partition coefficient (Wildman–Crippen LogP) is 1.97. The summed E-state index contributed by atoms with van der Waals surface area (Å²) in [7, 11) is 3.54. The number of benzene rings is 1. The standard InChI is InChI=1S/C16H22N4O/c1-11-18-14-10-12(16(21)19(2)3)4-5-15(14)20(11)13-6-8-17-9-7-13/h4-5,10,13,17H,6-9H2,1-3H3. The molecule has 0 radical (unpaired) electrons. The molecule has 1 fully saturated rings. The Morgan fingerprint density at radius 2 is 2.05 bits per heavy atom. The van der Waals surface area contributed by atoms with E-state index in [1.807, 2.05) is 18.2 Å². The quantitative estimate of drug-likeness (QED) is 0.918. The highest BCUT2D eigenvalue weighted by Crippen LogP contribution is 2.27. The topological polar surface area (TPSA) is 50.2 Å². The second-order valence-electron chi connectivity index (χ2n) is 5.91. The van der Waals surface area contributed by atoms with Crippen LogP contribution in [0.2, 0.25) is 0 Å². The first-order valence-electron chi connectivity index (χ1n) is 7.49. The van der Waals surface area contributed by atoms with Gasteiger partial charge in [0.25, 0.3) is 5.91 Å². The number of piperidine rings is 1. The van der Waals surface area contributed by atoms with Crippen LogP contribution in [-0.2, 0) is 0 Å². The van der Waals surface area contributed by atoms with Crippen molar-refractivity contribution < 1.29 is 4.79 Å². The summed E-state index contributed by atoms with van der Waals surface area (Å²) in [6, 6.07) is 6.35. The van der Waals surface area contributed by atoms with Gasteiger partial charge in [0.15, 0.2) is 0 Å². The molecule has 5 nitrogen and oxygen atoms in total. The summed E-state index contributed by atoms with van der Waals surface area (Å²) in [5, 5.41) is 3.40. The van der Waals surface area contributed by atoms with Gasteiger partial charge in [-0.15, -0.1) is 0 Å². The van der Waals surface area contributed by atoms with Crippen LogP contribution in [0.1, 0.15) is 35.1 Å². The zero-order chi connectivity index (χ0) is 15.0. The third-order valence-electron chi connectivity index (χ3n) is 4.19. The molecule has 1 aromatic heterocycles. The van der Waals surface area contributed by atoms with Crippen molar-refractivity contribution in [3.05, 3.63) is 29.6 Å². The molecule has 0 spiro atoms. The van der Waals surface area contributed by atoms with Gasteiger partial charge in [0.2, 0.25) is 0 Å². The Bertz CT molecular complexity index is 668. The van der Waals surface area contributed by atoms with Crippen molar-refractivity contribution in [2.75, 3.05) is 27.2 Å². The highest BCUT2D eigenvalue weighted by molar-refractivity contribution is 5.97. The van der Waals surface area contributed by atoms with Crippen molar-refractivity contribution in [2.45, 2.75) is 25.8 Å². The average Bonchev–Trinajstić information content (AvgIpc) is 2.82. The summed E-state index contributed by atoms with van der Waals surface area (Å²) < 4.78 is 2.33. The molecule has 21 heavy (non-hydrogen) atoms. The summed E-state index contributed by atoms with van der Waals surface area (Å²) in [6.45, 7) is 4.16. The first-order valence-corrected chi connectivity index (χ1v) is 7.49. The van der Waals surface area contributed by atoms with E-state index in [2.05, 4.69) is 21.8 Å². The Labute approximate surface area is 125 Å². The maximum Gasteiger partial charge on any atom is 0.253 e. The van der Waals surface area contributed by atoms with E-state index >= 15 is 0 Å². The molecule has 1 amide bonds. The van der Waals surface area contributed by atoms with Crippen molar-refractivity contribution in [3.8, 4) is 0 Å². The van der Waals surface area contributed by atoms with Crippen LogP contribution in [0, 0.1) is 6.92 Å². The zero-order valence-corrected chi connectivity index (χ0v) is 12.9. The fraction of sp³-hybridized carbons (Fsp3) is 0.500. The van der Waals surface area contributed by atoms with Crippen LogP contribution < -0.4 is 5.32 Å². The van der Waals surface area contributed by atoms with Gasteiger partial charge in [-0.05, 0) is 51.1 Å². The minimum atomic E-state index is 0.0194. The number of rotatable bonds is 2. The number of hydrogen-bond acceptors (Lipinski definition) is 3. The molecule has 2 aromatic rings. The maximum atomic E-state index is 12.1. The van der Waals surface area contributed by atoms with E-state index in [9.17, 15) is 4.79 Å². The Kier molecular flexibility index (Phi) is 3.68. The van der Waals surface area contributed by atoms with E-state index in [4.69, 9.17) is 0 Å². The van der Waals surface area contributed by atoms with Gasteiger partial charge in [-0.25, -0.2) is 4.98 Å². The largest absolute Gasteiger partial charge is 0.345 e. The number of nitrogens with zero attached hydrogens (tertiary/aromatic N) is 3. The average molecular weight is 286 g/mol. The number of nitrogens with one attached hydrogen (secondary N) is 1. The van der Waals surface area contributed by atoms with E-state index in [0.29, 0.717) is 11.6 Å². The molecule has 0 aliphatic carbocycles. The maximum absolute atomic E-state index is 12.1. The van der Waals surface area contributed by atoms with Gasteiger partial charge >= 0.3 is 0 Å². The minimum absolute atomic E-state index is 0.0194. The lowest BCUT2D eigenvalue weighted by Gasteiger charge is -2.25. The Hall–Kier alpha value is -1.88. The van der Waals surface area contributed by atoms with E-state index < -0.39 is 0 Å². The van der Waals surface area contributed by atoms with Crippen molar-refractivity contribution in [1.82, 2.24) is 19.8 Å². The van der Waals surface area contributed by atoms with Crippen molar-refractivity contribution >= 4 is 16.9 Å². The molecule has 1 saturated heterocycles. The number of amides is 1. The summed E-state index contributed by atoms with van der Waals surface area (Å²) >= 11 is 0.